The molecule has 1 aliphatic rings. The highest BCUT2D eigenvalue weighted by atomic mass is 32.1. The molecule has 0 N–H and O–H groups in total. The minimum absolute atomic E-state index is 0.112. The second-order valence-electron chi connectivity index (χ2n) is 6.05. The van der Waals surface area contributed by atoms with E-state index >= 15 is 0 Å². The summed E-state index contributed by atoms with van der Waals surface area (Å²) in [5.41, 5.74) is 2.85. The lowest BCUT2D eigenvalue weighted by Gasteiger charge is -2.32. The number of rotatable bonds is 4. The zero-order valence-electron chi connectivity index (χ0n) is 13.6. The van der Waals surface area contributed by atoms with E-state index in [9.17, 15) is 4.79 Å². The fourth-order valence-corrected chi connectivity index (χ4v) is 3.99. The Balaban J connectivity index is 1.73. The Labute approximate surface area is 141 Å². The van der Waals surface area contributed by atoms with Crippen LogP contribution in [0, 0.1) is 6.92 Å². The first-order valence-corrected chi connectivity index (χ1v) is 8.84. The normalized spacial score (nSPS) is 18.2. The van der Waals surface area contributed by atoms with Crippen LogP contribution in [-0.2, 0) is 11.3 Å². The summed E-state index contributed by atoms with van der Waals surface area (Å²) in [6.07, 6.45) is 2.15. The number of hydrogen-bond donors (Lipinski definition) is 0. The molecule has 122 valence electrons. The van der Waals surface area contributed by atoms with Gasteiger partial charge in [-0.15, -0.1) is 11.3 Å². The molecule has 1 saturated heterocycles. The van der Waals surface area contributed by atoms with Crippen LogP contribution in [-0.4, -0.2) is 36.0 Å². The zero-order valence-corrected chi connectivity index (χ0v) is 14.4. The Morgan fingerprint density at radius 3 is 3.09 bits per heavy atom. The summed E-state index contributed by atoms with van der Waals surface area (Å²) in [6.45, 7) is 4.14. The topological polar surface area (TPSA) is 42.4 Å². The van der Waals surface area contributed by atoms with Gasteiger partial charge in [0.2, 0.25) is 0 Å². The van der Waals surface area contributed by atoms with Crippen molar-refractivity contribution >= 4 is 17.2 Å². The van der Waals surface area contributed by atoms with Crippen molar-refractivity contribution in [3.05, 3.63) is 51.5 Å². The van der Waals surface area contributed by atoms with Gasteiger partial charge in [0.15, 0.2) is 0 Å². The quantitative estimate of drug-likeness (QED) is 0.860. The Morgan fingerprint density at radius 1 is 1.48 bits per heavy atom. The van der Waals surface area contributed by atoms with Gasteiger partial charge in [-0.1, -0.05) is 12.1 Å². The second kappa shape index (κ2) is 7.23. The molecular weight excluding hydrogens is 308 g/mol. The summed E-state index contributed by atoms with van der Waals surface area (Å²) >= 11 is 1.71. The molecule has 1 aliphatic heterocycles. The van der Waals surface area contributed by atoms with E-state index in [0.29, 0.717) is 12.5 Å². The number of piperidine rings is 1. The minimum atomic E-state index is 0.112. The predicted octanol–water partition coefficient (Wildman–Crippen LogP) is 3.62. The Bertz CT molecular complexity index is 683. The van der Waals surface area contributed by atoms with E-state index in [0.717, 1.165) is 47.8 Å². The van der Waals surface area contributed by atoms with E-state index in [1.807, 2.05) is 36.1 Å². The molecule has 1 aromatic heterocycles. The molecule has 0 bridgehead atoms. The van der Waals surface area contributed by atoms with Crippen LogP contribution >= 0.6 is 11.3 Å². The number of carbonyl (C=O) groups excluding carboxylic acids is 1. The lowest BCUT2D eigenvalue weighted by atomic mass is 9.97. The smallest absolute Gasteiger partial charge is 0.253 e. The summed E-state index contributed by atoms with van der Waals surface area (Å²) < 4.78 is 5.15. The lowest BCUT2D eigenvalue weighted by molar-refractivity contribution is 0.0706. The maximum Gasteiger partial charge on any atom is 0.253 e. The van der Waals surface area contributed by atoms with Crippen LogP contribution in [0.4, 0.5) is 0 Å². The van der Waals surface area contributed by atoms with E-state index in [2.05, 4.69) is 10.4 Å². The van der Waals surface area contributed by atoms with Crippen LogP contribution in [0.3, 0.4) is 0 Å². The highest BCUT2D eigenvalue weighted by Crippen LogP contribution is 2.29. The minimum Gasteiger partial charge on any atom is -0.380 e. The van der Waals surface area contributed by atoms with E-state index in [4.69, 9.17) is 4.74 Å². The number of nitrogens with zero attached hydrogens (tertiary/aromatic N) is 2. The molecule has 0 spiro atoms. The number of carbonyl (C=O) groups is 1. The molecule has 0 radical (unpaired) electrons. The third-order valence-corrected chi connectivity index (χ3v) is 5.30. The molecule has 0 saturated carbocycles. The molecule has 23 heavy (non-hydrogen) atoms. The summed E-state index contributed by atoms with van der Waals surface area (Å²) in [7, 11) is 1.67. The standard InChI is InChI=1S/C18H22N2O2S/c1-13-12-23-17(19-13)16-7-4-8-20(10-16)18(21)15-6-3-5-14(9-15)11-22-2/h3,5-6,9,12,16H,4,7-8,10-11H2,1-2H3/t16-/m1/s1. The number of thiazole rings is 1. The van der Waals surface area contributed by atoms with Crippen molar-refractivity contribution in [3.8, 4) is 0 Å². The molecule has 3 rings (SSSR count). The molecule has 5 heteroatoms. The van der Waals surface area contributed by atoms with Crippen LogP contribution in [0.2, 0.25) is 0 Å². The molecule has 2 aromatic rings. The molecular formula is C18H22N2O2S. The first-order valence-electron chi connectivity index (χ1n) is 7.96. The van der Waals surface area contributed by atoms with Crippen LogP contribution in [0.1, 0.15) is 45.4 Å². The maximum atomic E-state index is 12.8. The van der Waals surface area contributed by atoms with E-state index < -0.39 is 0 Å². The zero-order chi connectivity index (χ0) is 16.2. The van der Waals surface area contributed by atoms with Crippen molar-refractivity contribution in [3.63, 3.8) is 0 Å². The van der Waals surface area contributed by atoms with Gasteiger partial charge in [-0.2, -0.15) is 0 Å². The van der Waals surface area contributed by atoms with E-state index in [-0.39, 0.29) is 5.91 Å². The number of benzene rings is 1. The number of amides is 1. The first-order chi connectivity index (χ1) is 11.2. The van der Waals surface area contributed by atoms with Crippen LogP contribution in [0.15, 0.2) is 29.6 Å². The first kappa shape index (κ1) is 16.1. The van der Waals surface area contributed by atoms with Gasteiger partial charge in [-0.3, -0.25) is 4.79 Å². The number of methoxy groups -OCH3 is 1. The Hall–Kier alpha value is -1.72. The second-order valence-corrected chi connectivity index (χ2v) is 6.94. The predicted molar refractivity (Wildman–Crippen MR) is 91.9 cm³/mol. The molecule has 4 nitrogen and oxygen atoms in total. The van der Waals surface area contributed by atoms with Crippen LogP contribution < -0.4 is 0 Å². The molecule has 1 amide bonds. The molecule has 1 atom stereocenters. The highest BCUT2D eigenvalue weighted by Gasteiger charge is 2.27. The Kier molecular flexibility index (Phi) is 5.08. The van der Waals surface area contributed by atoms with Crippen molar-refractivity contribution in [1.82, 2.24) is 9.88 Å². The number of hydrogen-bond acceptors (Lipinski definition) is 4. The van der Waals surface area contributed by atoms with Crippen molar-refractivity contribution in [1.29, 1.82) is 0 Å². The van der Waals surface area contributed by atoms with Crippen LogP contribution in [0.25, 0.3) is 0 Å². The van der Waals surface area contributed by atoms with Gasteiger partial charge in [-0.25, -0.2) is 4.98 Å². The third kappa shape index (κ3) is 3.79. The number of aromatic nitrogens is 1. The summed E-state index contributed by atoms with van der Waals surface area (Å²) in [6, 6.07) is 7.73. The average Bonchev–Trinajstić information content (AvgIpc) is 3.01. The monoisotopic (exact) mass is 330 g/mol. The van der Waals surface area contributed by atoms with Crippen molar-refractivity contribution in [2.75, 3.05) is 20.2 Å². The maximum absolute atomic E-state index is 12.8. The van der Waals surface area contributed by atoms with Gasteiger partial charge in [-0.05, 0) is 37.5 Å². The molecule has 0 aliphatic carbocycles. The molecule has 1 aromatic carbocycles. The third-order valence-electron chi connectivity index (χ3n) is 4.18. The fourth-order valence-electron chi connectivity index (χ4n) is 3.07. The summed E-state index contributed by atoms with van der Waals surface area (Å²) in [5, 5.41) is 3.25. The lowest BCUT2D eigenvalue weighted by Crippen LogP contribution is -2.39. The molecule has 1 fully saturated rings. The van der Waals surface area contributed by atoms with E-state index in [1.54, 1.807) is 18.4 Å². The summed E-state index contributed by atoms with van der Waals surface area (Å²) in [5.74, 6) is 0.481. The number of likely N-dealkylation sites (tertiary alicyclic amines) is 1. The SMILES string of the molecule is COCc1cccc(C(=O)N2CCC[C@@H](c3nc(C)cs3)C2)c1. The van der Waals surface area contributed by atoms with Gasteiger partial charge >= 0.3 is 0 Å². The van der Waals surface area contributed by atoms with Gasteiger partial charge in [0.1, 0.15) is 0 Å². The number of ether oxygens (including phenoxy) is 1. The van der Waals surface area contributed by atoms with E-state index in [1.165, 1.54) is 0 Å². The summed E-state index contributed by atoms with van der Waals surface area (Å²) in [4.78, 5) is 19.4. The average molecular weight is 330 g/mol. The van der Waals surface area contributed by atoms with Crippen molar-refractivity contribution < 1.29 is 9.53 Å². The van der Waals surface area contributed by atoms with Crippen molar-refractivity contribution in [2.45, 2.75) is 32.3 Å². The molecule has 2 heterocycles. The largest absolute Gasteiger partial charge is 0.380 e. The Morgan fingerprint density at radius 2 is 2.35 bits per heavy atom. The van der Waals surface area contributed by atoms with Gasteiger partial charge in [0, 0.05) is 42.8 Å². The fraction of sp³-hybridized carbons (Fsp3) is 0.444. The van der Waals surface area contributed by atoms with Gasteiger partial charge in [0.05, 0.1) is 11.6 Å². The van der Waals surface area contributed by atoms with Gasteiger partial charge in [0.25, 0.3) is 5.91 Å². The van der Waals surface area contributed by atoms with Crippen LogP contribution in [0.5, 0.6) is 0 Å². The van der Waals surface area contributed by atoms with Gasteiger partial charge < -0.3 is 9.64 Å². The highest BCUT2D eigenvalue weighted by molar-refractivity contribution is 7.09. The number of aryl methyl sites for hydroxylation is 1. The van der Waals surface area contributed by atoms with Crippen molar-refractivity contribution in [2.24, 2.45) is 0 Å². The molecule has 0 unspecified atom stereocenters.